The Hall–Kier alpha value is -2.46. The van der Waals surface area contributed by atoms with Gasteiger partial charge in [0.2, 0.25) is 0 Å². The molecular weight excluding hydrogens is 372 g/mol. The second kappa shape index (κ2) is 7.65. The van der Waals surface area contributed by atoms with Crippen LogP contribution in [0.25, 0.3) is 10.2 Å². The van der Waals surface area contributed by atoms with Crippen LogP contribution >= 0.6 is 11.3 Å². The standard InChI is InChI=1S/C17H22N4O5S/c1-9(2)21-14(22)13-10(3)12(7-18-19-16(23)24)27-15(13)20(17(21)25)8-11-5-4-6-26-11/h7,9,11,19H,4-6,8H2,1-3H3,(H,23,24)/b18-7+. The van der Waals surface area contributed by atoms with Crippen LogP contribution in [0.4, 0.5) is 4.79 Å². The van der Waals surface area contributed by atoms with Gasteiger partial charge in [-0.1, -0.05) is 0 Å². The van der Waals surface area contributed by atoms with Crippen molar-refractivity contribution in [1.82, 2.24) is 14.6 Å². The summed E-state index contributed by atoms with van der Waals surface area (Å²) in [5.74, 6) is 0. The summed E-state index contributed by atoms with van der Waals surface area (Å²) < 4.78 is 8.54. The molecule has 2 N–H and O–H groups in total. The van der Waals surface area contributed by atoms with Gasteiger partial charge in [-0.15, -0.1) is 11.3 Å². The molecule has 0 radical (unpaired) electrons. The monoisotopic (exact) mass is 394 g/mol. The van der Waals surface area contributed by atoms with E-state index in [0.717, 1.165) is 12.8 Å². The van der Waals surface area contributed by atoms with E-state index in [1.807, 2.05) is 5.43 Å². The van der Waals surface area contributed by atoms with Crippen molar-refractivity contribution < 1.29 is 14.6 Å². The molecule has 27 heavy (non-hydrogen) atoms. The molecule has 1 unspecified atom stereocenters. The molecule has 0 saturated carbocycles. The highest BCUT2D eigenvalue weighted by atomic mass is 32.1. The topological polar surface area (TPSA) is 115 Å². The number of nitrogens with one attached hydrogen (secondary N) is 1. The van der Waals surface area contributed by atoms with Crippen molar-refractivity contribution in [2.75, 3.05) is 6.61 Å². The van der Waals surface area contributed by atoms with E-state index in [4.69, 9.17) is 9.84 Å². The van der Waals surface area contributed by atoms with E-state index in [1.54, 1.807) is 25.3 Å². The van der Waals surface area contributed by atoms with Crippen molar-refractivity contribution in [3.05, 3.63) is 31.3 Å². The number of fused-ring (bicyclic) bond motifs is 1. The maximum atomic E-state index is 13.0. The summed E-state index contributed by atoms with van der Waals surface area (Å²) in [5, 5.41) is 12.8. The number of hydrogen-bond donors (Lipinski definition) is 2. The third-order valence-electron chi connectivity index (χ3n) is 4.55. The third kappa shape index (κ3) is 3.67. The Kier molecular flexibility index (Phi) is 5.47. The van der Waals surface area contributed by atoms with Crippen LogP contribution in [-0.2, 0) is 11.3 Å². The highest BCUT2D eigenvalue weighted by molar-refractivity contribution is 7.20. The van der Waals surface area contributed by atoms with E-state index in [9.17, 15) is 14.4 Å². The van der Waals surface area contributed by atoms with E-state index < -0.39 is 6.09 Å². The van der Waals surface area contributed by atoms with Gasteiger partial charge in [-0.3, -0.25) is 13.9 Å². The SMILES string of the molecule is Cc1c(/C=N/NC(=O)O)sc2c1c(=O)n(C(C)C)c(=O)n2CC1CCCO1. The van der Waals surface area contributed by atoms with Crippen molar-refractivity contribution in [1.29, 1.82) is 0 Å². The van der Waals surface area contributed by atoms with Gasteiger partial charge in [-0.05, 0) is 39.2 Å². The summed E-state index contributed by atoms with van der Waals surface area (Å²) >= 11 is 1.25. The number of ether oxygens (including phenoxy) is 1. The van der Waals surface area contributed by atoms with Crippen LogP contribution in [0.1, 0.15) is 43.2 Å². The Labute approximate surface area is 158 Å². The van der Waals surface area contributed by atoms with E-state index in [0.29, 0.717) is 33.8 Å². The summed E-state index contributed by atoms with van der Waals surface area (Å²) in [6, 6.07) is -0.282. The van der Waals surface area contributed by atoms with Crippen LogP contribution in [0.3, 0.4) is 0 Å². The van der Waals surface area contributed by atoms with Crippen molar-refractivity contribution in [3.63, 3.8) is 0 Å². The number of aryl methyl sites for hydroxylation is 1. The number of hydrazone groups is 1. The van der Waals surface area contributed by atoms with Gasteiger partial charge in [0.05, 0.1) is 29.1 Å². The fraction of sp³-hybridized carbons (Fsp3) is 0.529. The van der Waals surface area contributed by atoms with Crippen molar-refractivity contribution >= 4 is 33.9 Å². The van der Waals surface area contributed by atoms with Crippen molar-refractivity contribution in [2.24, 2.45) is 5.10 Å². The van der Waals surface area contributed by atoms with Gasteiger partial charge in [0.1, 0.15) is 4.83 Å². The van der Waals surface area contributed by atoms with Crippen LogP contribution < -0.4 is 16.7 Å². The molecule has 0 aliphatic carbocycles. The molecule has 9 nitrogen and oxygen atoms in total. The molecule has 1 aliphatic rings. The van der Waals surface area contributed by atoms with Crippen LogP contribution in [0.2, 0.25) is 0 Å². The first-order valence-corrected chi connectivity index (χ1v) is 9.55. The summed E-state index contributed by atoms with van der Waals surface area (Å²) in [6.07, 6.45) is 1.85. The molecule has 1 fully saturated rings. The minimum atomic E-state index is -1.28. The fourth-order valence-corrected chi connectivity index (χ4v) is 4.43. The van der Waals surface area contributed by atoms with Gasteiger partial charge in [-0.25, -0.2) is 15.0 Å². The zero-order chi connectivity index (χ0) is 19.7. The van der Waals surface area contributed by atoms with Crippen LogP contribution in [0, 0.1) is 6.92 Å². The highest BCUT2D eigenvalue weighted by Crippen LogP contribution is 2.27. The molecule has 0 aromatic carbocycles. The normalized spacial score (nSPS) is 17.4. The maximum Gasteiger partial charge on any atom is 0.425 e. The predicted molar refractivity (Wildman–Crippen MR) is 103 cm³/mol. The van der Waals surface area contributed by atoms with Gasteiger partial charge in [-0.2, -0.15) is 5.10 Å². The number of hydrogen-bond acceptors (Lipinski definition) is 6. The van der Waals surface area contributed by atoms with Gasteiger partial charge in [0.25, 0.3) is 5.56 Å². The van der Waals surface area contributed by atoms with E-state index in [-0.39, 0.29) is 23.4 Å². The van der Waals surface area contributed by atoms with Crippen LogP contribution in [-0.4, -0.2) is 39.3 Å². The van der Waals surface area contributed by atoms with E-state index in [1.165, 1.54) is 22.1 Å². The van der Waals surface area contributed by atoms with Gasteiger partial charge in [0, 0.05) is 12.6 Å². The van der Waals surface area contributed by atoms with Crippen molar-refractivity contribution in [2.45, 2.75) is 52.3 Å². The zero-order valence-corrected chi connectivity index (χ0v) is 16.2. The molecule has 1 aliphatic heterocycles. The smallest absolute Gasteiger partial charge is 0.425 e. The maximum absolute atomic E-state index is 13.0. The minimum absolute atomic E-state index is 0.0581. The Bertz CT molecular complexity index is 1010. The molecule has 1 amide bonds. The van der Waals surface area contributed by atoms with E-state index in [2.05, 4.69) is 5.10 Å². The number of amides is 1. The summed E-state index contributed by atoms with van der Waals surface area (Å²) in [4.78, 5) is 37.7. The lowest BCUT2D eigenvalue weighted by molar-refractivity contribution is 0.0965. The van der Waals surface area contributed by atoms with Crippen LogP contribution in [0.15, 0.2) is 14.7 Å². The first-order chi connectivity index (χ1) is 12.8. The summed E-state index contributed by atoms with van der Waals surface area (Å²) in [5.41, 5.74) is 1.89. The number of aromatic nitrogens is 2. The third-order valence-corrected chi connectivity index (χ3v) is 5.80. The molecule has 1 saturated heterocycles. The first-order valence-electron chi connectivity index (χ1n) is 8.73. The van der Waals surface area contributed by atoms with Crippen LogP contribution in [0.5, 0.6) is 0 Å². The minimum Gasteiger partial charge on any atom is -0.464 e. The molecular formula is C17H22N4O5S. The predicted octanol–water partition coefficient (Wildman–Crippen LogP) is 1.89. The molecule has 1 atom stereocenters. The summed E-state index contributed by atoms with van der Waals surface area (Å²) in [7, 11) is 0. The Morgan fingerprint density at radius 3 is 2.81 bits per heavy atom. The van der Waals surface area contributed by atoms with Crippen molar-refractivity contribution in [3.8, 4) is 0 Å². The molecule has 0 bridgehead atoms. The van der Waals surface area contributed by atoms with Gasteiger partial charge in [0.15, 0.2) is 0 Å². The lowest BCUT2D eigenvalue weighted by Gasteiger charge is -2.17. The molecule has 2 aromatic heterocycles. The lowest BCUT2D eigenvalue weighted by Crippen LogP contribution is -2.42. The zero-order valence-electron chi connectivity index (χ0n) is 15.4. The second-order valence-electron chi connectivity index (χ2n) is 6.74. The number of carbonyl (C=O) groups is 1. The van der Waals surface area contributed by atoms with Gasteiger partial charge < -0.3 is 9.84 Å². The molecule has 3 rings (SSSR count). The molecule has 146 valence electrons. The largest absolute Gasteiger partial charge is 0.464 e. The Balaban J connectivity index is 2.21. The number of rotatable bonds is 5. The lowest BCUT2D eigenvalue weighted by atomic mass is 10.2. The van der Waals surface area contributed by atoms with Gasteiger partial charge >= 0.3 is 11.8 Å². The second-order valence-corrected chi connectivity index (χ2v) is 7.77. The Morgan fingerprint density at radius 1 is 1.48 bits per heavy atom. The quantitative estimate of drug-likeness (QED) is 0.594. The molecule has 2 aromatic rings. The number of nitrogens with zero attached hydrogens (tertiary/aromatic N) is 3. The average molecular weight is 394 g/mol. The highest BCUT2D eigenvalue weighted by Gasteiger charge is 2.24. The molecule has 10 heteroatoms. The average Bonchev–Trinajstić information content (AvgIpc) is 3.19. The number of thiophene rings is 1. The summed E-state index contributed by atoms with van der Waals surface area (Å²) in [6.45, 7) is 6.42. The fourth-order valence-electron chi connectivity index (χ4n) is 3.26. The molecule has 3 heterocycles. The molecule has 0 spiro atoms. The van der Waals surface area contributed by atoms with E-state index >= 15 is 0 Å². The first kappa shape index (κ1) is 19.3. The Morgan fingerprint density at radius 2 is 2.22 bits per heavy atom. The number of carboxylic acid groups (broad SMARTS) is 1.